The first-order valence-corrected chi connectivity index (χ1v) is 11.0. The van der Waals surface area contributed by atoms with Gasteiger partial charge in [0, 0.05) is 44.0 Å². The first-order valence-electron chi connectivity index (χ1n) is 11.0. The monoisotopic (exact) mass is 386 g/mol. The van der Waals surface area contributed by atoms with Crippen LogP contribution in [0.25, 0.3) is 0 Å². The fraction of sp³-hybridized carbons (Fsp3) is 0.727. The van der Waals surface area contributed by atoms with Crippen molar-refractivity contribution in [1.29, 1.82) is 0 Å². The fourth-order valence-electron chi connectivity index (χ4n) is 5.00. The van der Waals surface area contributed by atoms with Crippen molar-refractivity contribution >= 4 is 11.7 Å². The predicted octanol–water partition coefficient (Wildman–Crippen LogP) is 2.84. The number of nitrogens with zero attached hydrogens (tertiary/aromatic N) is 3. The van der Waals surface area contributed by atoms with E-state index in [0.29, 0.717) is 0 Å². The van der Waals surface area contributed by atoms with E-state index in [1.165, 1.54) is 19.3 Å². The molecule has 0 aromatic carbocycles. The van der Waals surface area contributed by atoms with E-state index in [0.717, 1.165) is 76.5 Å². The third-order valence-corrected chi connectivity index (χ3v) is 6.86. The Bertz CT molecular complexity index is 660. The van der Waals surface area contributed by atoms with Crippen molar-refractivity contribution in [2.45, 2.75) is 63.5 Å². The number of amides is 1. The third kappa shape index (κ3) is 4.33. The number of morpholine rings is 1. The maximum atomic E-state index is 13.0. The van der Waals surface area contributed by atoms with Crippen LogP contribution in [0.5, 0.6) is 0 Å². The molecule has 1 aliphatic carbocycles. The summed E-state index contributed by atoms with van der Waals surface area (Å²) in [6.45, 7) is 8.13. The van der Waals surface area contributed by atoms with E-state index in [2.05, 4.69) is 27.0 Å². The number of aromatic nitrogens is 1. The topological polar surface area (TPSA) is 57.7 Å². The Morgan fingerprint density at radius 3 is 2.57 bits per heavy atom. The molecule has 6 heteroatoms. The number of pyridine rings is 1. The zero-order valence-electron chi connectivity index (χ0n) is 17.2. The van der Waals surface area contributed by atoms with Gasteiger partial charge >= 0.3 is 0 Å². The number of ether oxygens (including phenoxy) is 1. The van der Waals surface area contributed by atoms with Crippen LogP contribution in [0.3, 0.4) is 0 Å². The Balaban J connectivity index is 1.36. The van der Waals surface area contributed by atoms with Crippen molar-refractivity contribution in [2.75, 3.05) is 44.3 Å². The molecule has 1 N–H and O–H groups in total. The summed E-state index contributed by atoms with van der Waals surface area (Å²) in [5, 5.41) is 3.31. The van der Waals surface area contributed by atoms with E-state index >= 15 is 0 Å². The second kappa shape index (κ2) is 8.78. The minimum atomic E-state index is 0.0358. The Morgan fingerprint density at radius 2 is 1.86 bits per heavy atom. The standard InChI is InChI=1S/C22H34N4O2/c1-22(26-14-16-28-17-15-26)9-7-18(8-10-22)24-21(27)19-6-5-11-23-20(19)25-12-3-2-4-13-25/h5-6,11,18H,2-4,7-10,12-17H2,1H3,(H,24,27). The highest BCUT2D eigenvalue weighted by atomic mass is 16.5. The van der Waals surface area contributed by atoms with Gasteiger partial charge in [-0.05, 0) is 64.0 Å². The summed E-state index contributed by atoms with van der Waals surface area (Å²) in [5.41, 5.74) is 0.976. The molecule has 1 saturated carbocycles. The molecule has 0 spiro atoms. The molecule has 0 radical (unpaired) electrons. The number of hydrogen-bond donors (Lipinski definition) is 1. The van der Waals surface area contributed by atoms with Crippen molar-refractivity contribution < 1.29 is 9.53 Å². The van der Waals surface area contributed by atoms with Gasteiger partial charge in [0.2, 0.25) is 0 Å². The summed E-state index contributed by atoms with van der Waals surface area (Å²) in [5.74, 6) is 0.891. The van der Waals surface area contributed by atoms with Gasteiger partial charge in [-0.15, -0.1) is 0 Å². The van der Waals surface area contributed by atoms with E-state index in [1.54, 1.807) is 6.20 Å². The van der Waals surface area contributed by atoms with E-state index < -0.39 is 0 Å². The second-order valence-corrected chi connectivity index (χ2v) is 8.77. The summed E-state index contributed by atoms with van der Waals surface area (Å²) in [4.78, 5) is 22.4. The summed E-state index contributed by atoms with van der Waals surface area (Å²) in [7, 11) is 0. The van der Waals surface area contributed by atoms with Crippen LogP contribution in [0.4, 0.5) is 5.82 Å². The Hall–Kier alpha value is -1.66. The molecule has 0 atom stereocenters. The second-order valence-electron chi connectivity index (χ2n) is 8.77. The molecule has 2 saturated heterocycles. The molecule has 6 nitrogen and oxygen atoms in total. The van der Waals surface area contributed by atoms with E-state index in [4.69, 9.17) is 4.74 Å². The minimum Gasteiger partial charge on any atom is -0.379 e. The van der Waals surface area contributed by atoms with Crippen LogP contribution in [-0.4, -0.2) is 66.8 Å². The number of hydrogen-bond acceptors (Lipinski definition) is 5. The molecule has 154 valence electrons. The normalized spacial score (nSPS) is 29.5. The largest absolute Gasteiger partial charge is 0.379 e. The lowest BCUT2D eigenvalue weighted by Gasteiger charge is -2.47. The average molecular weight is 387 g/mol. The number of piperidine rings is 1. The molecule has 3 fully saturated rings. The molecular weight excluding hydrogens is 352 g/mol. The number of rotatable bonds is 4. The van der Waals surface area contributed by atoms with Crippen LogP contribution < -0.4 is 10.2 Å². The van der Waals surface area contributed by atoms with Crippen LogP contribution in [0.1, 0.15) is 62.2 Å². The zero-order chi connectivity index (χ0) is 19.4. The van der Waals surface area contributed by atoms with E-state index in [1.807, 2.05) is 12.1 Å². The SMILES string of the molecule is CC1(N2CCOCC2)CCC(NC(=O)c2cccnc2N2CCCCC2)CC1. The quantitative estimate of drug-likeness (QED) is 0.862. The highest BCUT2D eigenvalue weighted by molar-refractivity contribution is 5.99. The van der Waals surface area contributed by atoms with Gasteiger partial charge in [0.25, 0.3) is 5.91 Å². The lowest BCUT2D eigenvalue weighted by molar-refractivity contribution is -0.0321. The molecule has 3 aliphatic rings. The smallest absolute Gasteiger partial charge is 0.255 e. The van der Waals surface area contributed by atoms with Gasteiger partial charge in [-0.2, -0.15) is 0 Å². The Kier molecular flexibility index (Phi) is 6.16. The summed E-state index contributed by atoms with van der Waals surface area (Å²) in [6.07, 6.45) is 9.77. The maximum absolute atomic E-state index is 13.0. The number of carbonyl (C=O) groups is 1. The van der Waals surface area contributed by atoms with Crippen LogP contribution in [0.15, 0.2) is 18.3 Å². The molecule has 28 heavy (non-hydrogen) atoms. The molecule has 0 unspecified atom stereocenters. The molecule has 1 aromatic rings. The Morgan fingerprint density at radius 1 is 1.14 bits per heavy atom. The molecule has 0 bridgehead atoms. The molecular formula is C22H34N4O2. The highest BCUT2D eigenvalue weighted by Gasteiger charge is 2.37. The summed E-state index contributed by atoms with van der Waals surface area (Å²) >= 11 is 0. The van der Waals surface area contributed by atoms with Crippen molar-refractivity contribution in [3.8, 4) is 0 Å². The lowest BCUT2D eigenvalue weighted by atomic mass is 9.79. The molecule has 3 heterocycles. The highest BCUT2D eigenvalue weighted by Crippen LogP contribution is 2.34. The van der Waals surface area contributed by atoms with Crippen molar-refractivity contribution in [3.05, 3.63) is 23.9 Å². The van der Waals surface area contributed by atoms with Gasteiger partial charge in [-0.1, -0.05) is 0 Å². The van der Waals surface area contributed by atoms with Gasteiger partial charge < -0.3 is 15.0 Å². The predicted molar refractivity (Wildman–Crippen MR) is 111 cm³/mol. The molecule has 2 aliphatic heterocycles. The van der Waals surface area contributed by atoms with Gasteiger partial charge in [-0.3, -0.25) is 9.69 Å². The molecule has 1 aromatic heterocycles. The number of nitrogens with one attached hydrogen (secondary N) is 1. The first-order chi connectivity index (χ1) is 13.7. The van der Waals surface area contributed by atoms with Gasteiger partial charge in [0.05, 0.1) is 18.8 Å². The van der Waals surface area contributed by atoms with Crippen molar-refractivity contribution in [1.82, 2.24) is 15.2 Å². The summed E-state index contributed by atoms with van der Waals surface area (Å²) < 4.78 is 5.51. The van der Waals surface area contributed by atoms with E-state index in [9.17, 15) is 4.79 Å². The first kappa shape index (κ1) is 19.6. The lowest BCUT2D eigenvalue weighted by Crippen LogP contribution is -2.55. The van der Waals surface area contributed by atoms with Crippen LogP contribution >= 0.6 is 0 Å². The van der Waals surface area contributed by atoms with Crippen LogP contribution in [-0.2, 0) is 4.74 Å². The number of carbonyl (C=O) groups excluding carboxylic acids is 1. The van der Waals surface area contributed by atoms with Gasteiger partial charge in [0.15, 0.2) is 0 Å². The average Bonchev–Trinajstić information content (AvgIpc) is 2.77. The maximum Gasteiger partial charge on any atom is 0.255 e. The van der Waals surface area contributed by atoms with Crippen LogP contribution in [0, 0.1) is 0 Å². The zero-order valence-corrected chi connectivity index (χ0v) is 17.2. The van der Waals surface area contributed by atoms with Gasteiger partial charge in [-0.25, -0.2) is 4.98 Å². The van der Waals surface area contributed by atoms with Crippen molar-refractivity contribution in [3.63, 3.8) is 0 Å². The van der Waals surface area contributed by atoms with Crippen molar-refractivity contribution in [2.24, 2.45) is 0 Å². The van der Waals surface area contributed by atoms with Crippen LogP contribution in [0.2, 0.25) is 0 Å². The number of anilines is 1. The Labute approximate surface area is 168 Å². The van der Waals surface area contributed by atoms with E-state index in [-0.39, 0.29) is 17.5 Å². The minimum absolute atomic E-state index is 0.0358. The third-order valence-electron chi connectivity index (χ3n) is 6.86. The van der Waals surface area contributed by atoms with Gasteiger partial charge in [0.1, 0.15) is 5.82 Å². The summed E-state index contributed by atoms with van der Waals surface area (Å²) in [6, 6.07) is 4.06. The molecule has 1 amide bonds. The fourth-order valence-corrected chi connectivity index (χ4v) is 5.00. The molecule has 4 rings (SSSR count).